The van der Waals surface area contributed by atoms with Crippen LogP contribution in [0.4, 0.5) is 28.9 Å². The molecule has 31 heavy (non-hydrogen) atoms. The molecule has 1 aliphatic rings. The van der Waals surface area contributed by atoms with Gasteiger partial charge in [0.15, 0.2) is 0 Å². The number of amides is 2. The van der Waals surface area contributed by atoms with Gasteiger partial charge in [-0.15, -0.1) is 0 Å². The van der Waals surface area contributed by atoms with Gasteiger partial charge in [-0.1, -0.05) is 0 Å². The number of carbonyl (C=O) groups excluding carboxylic acids is 2. The molecule has 0 aliphatic carbocycles. The zero-order valence-corrected chi connectivity index (χ0v) is 16.8. The van der Waals surface area contributed by atoms with Gasteiger partial charge < -0.3 is 20.4 Å². The van der Waals surface area contributed by atoms with Gasteiger partial charge in [0, 0.05) is 43.0 Å². The molecule has 0 spiro atoms. The highest BCUT2D eigenvalue weighted by molar-refractivity contribution is 6.04. The lowest BCUT2D eigenvalue weighted by Crippen LogP contribution is -2.44. The molecule has 1 heterocycles. The van der Waals surface area contributed by atoms with Crippen molar-refractivity contribution in [2.45, 2.75) is 6.18 Å². The Hall–Kier alpha value is -3.14. The van der Waals surface area contributed by atoms with Gasteiger partial charge in [-0.3, -0.25) is 9.59 Å². The van der Waals surface area contributed by atoms with E-state index in [9.17, 15) is 27.2 Å². The summed E-state index contributed by atoms with van der Waals surface area (Å²) in [6.45, 7) is 1.61. The summed E-state index contributed by atoms with van der Waals surface area (Å²) in [7, 11) is 2.00. The number of halogens is 4. The number of benzene rings is 2. The van der Waals surface area contributed by atoms with E-state index >= 15 is 0 Å². The molecule has 0 bridgehead atoms. The van der Waals surface area contributed by atoms with E-state index in [-0.39, 0.29) is 11.1 Å². The molecule has 3 rings (SSSR count). The first-order valence-corrected chi connectivity index (χ1v) is 9.62. The van der Waals surface area contributed by atoms with Gasteiger partial charge in [0.2, 0.25) is 0 Å². The first-order valence-electron chi connectivity index (χ1n) is 9.62. The van der Waals surface area contributed by atoms with Gasteiger partial charge in [0.1, 0.15) is 12.4 Å². The first-order chi connectivity index (χ1) is 14.6. The number of anilines is 2. The molecule has 0 unspecified atom stereocenters. The minimum atomic E-state index is -4.50. The molecular formula is C21H22F4N4O2. The second kappa shape index (κ2) is 9.34. The molecule has 166 valence electrons. The summed E-state index contributed by atoms with van der Waals surface area (Å²) in [5, 5.41) is 4.34. The molecule has 1 saturated heterocycles. The largest absolute Gasteiger partial charge is 0.405 e. The number of rotatable bonds is 5. The van der Waals surface area contributed by atoms with E-state index in [4.69, 9.17) is 0 Å². The molecule has 0 radical (unpaired) electrons. The molecule has 2 aromatic carbocycles. The Morgan fingerprint density at radius 3 is 2.13 bits per heavy atom. The lowest BCUT2D eigenvalue weighted by molar-refractivity contribution is -0.123. The van der Waals surface area contributed by atoms with E-state index in [1.54, 1.807) is 11.4 Å². The molecule has 0 saturated carbocycles. The average Bonchev–Trinajstić information content (AvgIpc) is 2.72. The monoisotopic (exact) mass is 438 g/mol. The van der Waals surface area contributed by atoms with Crippen LogP contribution in [-0.2, 0) is 0 Å². The summed E-state index contributed by atoms with van der Waals surface area (Å²) in [6.07, 6.45) is -4.50. The van der Waals surface area contributed by atoms with Crippen molar-refractivity contribution < 1.29 is 27.2 Å². The normalized spacial score (nSPS) is 14.9. The molecule has 1 aliphatic heterocycles. The number of hydrogen-bond donors (Lipinski definition) is 2. The number of likely N-dealkylation sites (N-methyl/N-ethyl adjacent to an activating group) is 1. The third kappa shape index (κ3) is 6.17. The van der Waals surface area contributed by atoms with Gasteiger partial charge in [-0.2, -0.15) is 13.2 Å². The number of nitrogens with zero attached hydrogens (tertiary/aromatic N) is 2. The van der Waals surface area contributed by atoms with Crippen LogP contribution in [-0.4, -0.2) is 62.7 Å². The third-order valence-electron chi connectivity index (χ3n) is 4.91. The Kier molecular flexibility index (Phi) is 6.79. The highest BCUT2D eigenvalue weighted by atomic mass is 19.4. The highest BCUT2D eigenvalue weighted by Crippen LogP contribution is 2.22. The van der Waals surface area contributed by atoms with Crippen molar-refractivity contribution in [3.05, 3.63) is 59.4 Å². The van der Waals surface area contributed by atoms with Gasteiger partial charge in [-0.25, -0.2) is 4.39 Å². The van der Waals surface area contributed by atoms with Crippen molar-refractivity contribution in [3.8, 4) is 0 Å². The maximum absolute atomic E-state index is 14.6. The molecule has 2 N–H and O–H groups in total. The molecule has 6 nitrogen and oxygen atoms in total. The fourth-order valence-electron chi connectivity index (χ4n) is 3.14. The van der Waals surface area contributed by atoms with Gasteiger partial charge in [0.05, 0.1) is 5.69 Å². The summed E-state index contributed by atoms with van der Waals surface area (Å²) >= 11 is 0. The van der Waals surface area contributed by atoms with Crippen molar-refractivity contribution in [2.24, 2.45) is 0 Å². The summed E-state index contributed by atoms with van der Waals surface area (Å²) in [4.78, 5) is 28.2. The summed E-state index contributed by atoms with van der Waals surface area (Å²) in [5.74, 6) is -1.91. The van der Waals surface area contributed by atoms with Gasteiger partial charge in [-0.05, 0) is 49.5 Å². The number of alkyl halides is 3. The van der Waals surface area contributed by atoms with Crippen LogP contribution in [0, 0.1) is 5.82 Å². The summed E-state index contributed by atoms with van der Waals surface area (Å²) in [6, 6.07) is 9.62. The number of nitrogens with one attached hydrogen (secondary N) is 2. The van der Waals surface area contributed by atoms with Crippen LogP contribution in [0.2, 0.25) is 0 Å². The Balaban J connectivity index is 1.61. The van der Waals surface area contributed by atoms with E-state index in [0.717, 1.165) is 13.1 Å². The van der Waals surface area contributed by atoms with Crippen molar-refractivity contribution in [3.63, 3.8) is 0 Å². The SMILES string of the molecule is CN1CCN(c2ccc(C(=O)Nc3ccc(C(=O)NCC(F)(F)F)cc3)cc2F)CC1. The van der Waals surface area contributed by atoms with Crippen LogP contribution in [0.1, 0.15) is 20.7 Å². The van der Waals surface area contributed by atoms with E-state index in [1.165, 1.54) is 36.4 Å². The minimum absolute atomic E-state index is 0.0184. The minimum Gasteiger partial charge on any atom is -0.367 e. The standard InChI is InChI=1S/C21H22F4N4O2/c1-28-8-10-29(11-9-28)18-7-4-15(12-17(18)22)20(31)27-16-5-2-14(3-6-16)19(30)26-13-21(23,24)25/h2-7,12H,8-11,13H2,1H3,(H,26,30)(H,27,31). The molecular weight excluding hydrogens is 416 g/mol. The number of hydrogen-bond acceptors (Lipinski definition) is 4. The Morgan fingerprint density at radius 2 is 1.55 bits per heavy atom. The van der Waals surface area contributed by atoms with E-state index in [2.05, 4.69) is 10.2 Å². The second-order valence-electron chi connectivity index (χ2n) is 7.29. The zero-order valence-electron chi connectivity index (χ0n) is 16.8. The van der Waals surface area contributed by atoms with Gasteiger partial charge in [0.25, 0.3) is 11.8 Å². The molecule has 2 amide bonds. The fraction of sp³-hybridized carbons (Fsp3) is 0.333. The third-order valence-corrected chi connectivity index (χ3v) is 4.91. The molecule has 1 fully saturated rings. The Labute approximate surface area is 176 Å². The Bertz CT molecular complexity index is 939. The molecule has 0 atom stereocenters. The number of carbonyl (C=O) groups is 2. The predicted molar refractivity (Wildman–Crippen MR) is 109 cm³/mol. The molecule has 10 heteroatoms. The van der Waals surface area contributed by atoms with Crippen molar-refractivity contribution in [1.29, 1.82) is 0 Å². The highest BCUT2D eigenvalue weighted by Gasteiger charge is 2.27. The Morgan fingerprint density at radius 1 is 0.935 bits per heavy atom. The van der Waals surface area contributed by atoms with Crippen LogP contribution in [0.15, 0.2) is 42.5 Å². The maximum atomic E-state index is 14.6. The molecule has 2 aromatic rings. The second-order valence-corrected chi connectivity index (χ2v) is 7.29. The van der Waals surface area contributed by atoms with Crippen LogP contribution < -0.4 is 15.5 Å². The fourth-order valence-corrected chi connectivity index (χ4v) is 3.14. The van der Waals surface area contributed by atoms with Crippen LogP contribution in [0.5, 0.6) is 0 Å². The average molecular weight is 438 g/mol. The lowest BCUT2D eigenvalue weighted by Gasteiger charge is -2.34. The quantitative estimate of drug-likeness (QED) is 0.705. The van der Waals surface area contributed by atoms with Crippen molar-refractivity contribution in [1.82, 2.24) is 10.2 Å². The van der Waals surface area contributed by atoms with Crippen LogP contribution in [0.3, 0.4) is 0 Å². The first kappa shape index (κ1) is 22.5. The summed E-state index contributed by atoms with van der Waals surface area (Å²) < 4.78 is 51.1. The van der Waals surface area contributed by atoms with Gasteiger partial charge >= 0.3 is 6.18 Å². The van der Waals surface area contributed by atoms with Crippen molar-refractivity contribution in [2.75, 3.05) is 50.0 Å². The van der Waals surface area contributed by atoms with Crippen LogP contribution >= 0.6 is 0 Å². The summed E-state index contributed by atoms with van der Waals surface area (Å²) in [5.41, 5.74) is 0.909. The topological polar surface area (TPSA) is 64.7 Å². The van der Waals surface area contributed by atoms with Crippen molar-refractivity contribution >= 4 is 23.2 Å². The zero-order chi connectivity index (χ0) is 22.6. The smallest absolute Gasteiger partial charge is 0.367 e. The predicted octanol–water partition coefficient (Wildman–Crippen LogP) is 3.12. The molecule has 0 aromatic heterocycles. The lowest BCUT2D eigenvalue weighted by atomic mass is 10.1. The van der Waals surface area contributed by atoms with E-state index in [0.29, 0.717) is 24.5 Å². The maximum Gasteiger partial charge on any atom is 0.405 e. The van der Waals surface area contributed by atoms with Crippen LogP contribution in [0.25, 0.3) is 0 Å². The number of piperazine rings is 1. The van der Waals surface area contributed by atoms with E-state index < -0.39 is 30.4 Å². The van der Waals surface area contributed by atoms with E-state index in [1.807, 2.05) is 11.9 Å².